The van der Waals surface area contributed by atoms with Crippen LogP contribution in [-0.2, 0) is 9.53 Å². The van der Waals surface area contributed by atoms with Gasteiger partial charge in [0.15, 0.2) is 0 Å². The summed E-state index contributed by atoms with van der Waals surface area (Å²) in [6.45, 7) is 6.93. The van der Waals surface area contributed by atoms with Crippen molar-refractivity contribution in [3.8, 4) is 0 Å². The van der Waals surface area contributed by atoms with E-state index in [2.05, 4.69) is 26.1 Å². The van der Waals surface area contributed by atoms with Crippen LogP contribution in [0.3, 0.4) is 0 Å². The van der Waals surface area contributed by atoms with E-state index in [9.17, 15) is 9.18 Å². The van der Waals surface area contributed by atoms with Crippen LogP contribution in [0.4, 0.5) is 4.39 Å². The lowest BCUT2D eigenvalue weighted by atomic mass is 9.89. The number of ether oxygens (including phenoxy) is 1. The summed E-state index contributed by atoms with van der Waals surface area (Å²) >= 11 is 0. The van der Waals surface area contributed by atoms with E-state index in [-0.39, 0.29) is 11.7 Å². The molecule has 0 saturated carbocycles. The van der Waals surface area contributed by atoms with Crippen LogP contribution in [0.15, 0.2) is 24.4 Å². The Hall–Kier alpha value is -1.96. The standard InChI is InChI=1S/C23H31FN4O2/c24-19-1-2-22-20(15-19)21(16-25-22)17-3-7-27(8-4-17)28-11-9-26(10-12-28)23(29)18-5-13-30-14-6-18/h1-2,15-18,25H,3-14H2. The monoisotopic (exact) mass is 414 g/mol. The van der Waals surface area contributed by atoms with Crippen LogP contribution in [0.1, 0.15) is 37.2 Å². The van der Waals surface area contributed by atoms with Crippen molar-refractivity contribution in [3.05, 3.63) is 35.8 Å². The van der Waals surface area contributed by atoms with Gasteiger partial charge in [-0.3, -0.25) is 4.79 Å². The summed E-state index contributed by atoms with van der Waals surface area (Å²) in [5.74, 6) is 0.771. The number of piperazine rings is 1. The first-order chi connectivity index (χ1) is 14.7. The van der Waals surface area contributed by atoms with Crippen molar-refractivity contribution >= 4 is 16.8 Å². The maximum absolute atomic E-state index is 13.7. The molecule has 1 aromatic carbocycles. The molecular formula is C23H31FN4O2. The molecule has 7 heteroatoms. The average Bonchev–Trinajstić information content (AvgIpc) is 3.22. The fourth-order valence-electron chi connectivity index (χ4n) is 5.31. The number of carbonyl (C=O) groups excluding carboxylic acids is 1. The minimum Gasteiger partial charge on any atom is -0.381 e. The molecule has 1 N–H and O–H groups in total. The predicted molar refractivity (Wildman–Crippen MR) is 114 cm³/mol. The molecule has 0 bridgehead atoms. The van der Waals surface area contributed by atoms with Crippen molar-refractivity contribution in [3.63, 3.8) is 0 Å². The third kappa shape index (κ3) is 3.98. The Morgan fingerprint density at radius 1 is 0.967 bits per heavy atom. The number of H-pyrrole nitrogens is 1. The normalized spacial score (nSPS) is 23.3. The van der Waals surface area contributed by atoms with Gasteiger partial charge in [-0.1, -0.05) is 0 Å². The Morgan fingerprint density at radius 3 is 2.40 bits per heavy atom. The molecule has 3 fully saturated rings. The van der Waals surface area contributed by atoms with Crippen molar-refractivity contribution in [2.45, 2.75) is 31.6 Å². The van der Waals surface area contributed by atoms with Gasteiger partial charge >= 0.3 is 0 Å². The molecule has 0 spiro atoms. The molecule has 0 aliphatic carbocycles. The number of aromatic nitrogens is 1. The number of hydrogen-bond donors (Lipinski definition) is 1. The smallest absolute Gasteiger partial charge is 0.225 e. The molecule has 1 amide bonds. The van der Waals surface area contributed by atoms with Gasteiger partial charge in [-0.2, -0.15) is 0 Å². The van der Waals surface area contributed by atoms with Crippen LogP contribution in [0, 0.1) is 11.7 Å². The van der Waals surface area contributed by atoms with Crippen molar-refractivity contribution in [2.75, 3.05) is 52.5 Å². The van der Waals surface area contributed by atoms with Crippen LogP contribution in [0.25, 0.3) is 10.9 Å². The minimum absolute atomic E-state index is 0.155. The highest BCUT2D eigenvalue weighted by molar-refractivity contribution is 5.83. The van der Waals surface area contributed by atoms with Gasteiger partial charge in [-0.05, 0) is 55.4 Å². The van der Waals surface area contributed by atoms with Gasteiger partial charge in [0, 0.05) is 75.5 Å². The summed E-state index contributed by atoms with van der Waals surface area (Å²) in [6.07, 6.45) is 5.94. The van der Waals surface area contributed by atoms with Crippen molar-refractivity contribution in [1.29, 1.82) is 0 Å². The third-order valence-electron chi connectivity index (χ3n) is 7.13. The van der Waals surface area contributed by atoms with Crippen LogP contribution in [0.2, 0.25) is 0 Å². The van der Waals surface area contributed by atoms with E-state index in [4.69, 9.17) is 4.74 Å². The molecule has 30 heavy (non-hydrogen) atoms. The summed E-state index contributed by atoms with van der Waals surface area (Å²) in [4.78, 5) is 18.1. The Labute approximate surface area is 176 Å². The molecule has 3 aliphatic rings. The average molecular weight is 415 g/mol. The van der Waals surface area contributed by atoms with Crippen molar-refractivity contribution in [1.82, 2.24) is 19.9 Å². The van der Waals surface area contributed by atoms with Gasteiger partial charge in [0.05, 0.1) is 0 Å². The van der Waals surface area contributed by atoms with E-state index in [0.29, 0.717) is 25.0 Å². The van der Waals surface area contributed by atoms with E-state index in [1.54, 1.807) is 6.07 Å². The van der Waals surface area contributed by atoms with E-state index < -0.39 is 0 Å². The zero-order valence-electron chi connectivity index (χ0n) is 17.5. The number of hydrazine groups is 1. The molecule has 0 unspecified atom stereocenters. The summed E-state index contributed by atoms with van der Waals surface area (Å²) in [7, 11) is 0. The number of amides is 1. The first-order valence-corrected chi connectivity index (χ1v) is 11.3. The van der Waals surface area contributed by atoms with Crippen LogP contribution < -0.4 is 0 Å². The predicted octanol–water partition coefficient (Wildman–Crippen LogP) is 2.97. The quantitative estimate of drug-likeness (QED) is 0.839. The second-order valence-electron chi connectivity index (χ2n) is 8.83. The van der Waals surface area contributed by atoms with Gasteiger partial charge in [0.25, 0.3) is 0 Å². The Balaban J connectivity index is 1.14. The summed E-state index contributed by atoms with van der Waals surface area (Å²) in [5.41, 5.74) is 2.26. The number of nitrogens with zero attached hydrogens (tertiary/aromatic N) is 3. The Kier molecular flexibility index (Phi) is 5.76. The molecule has 6 nitrogen and oxygen atoms in total. The van der Waals surface area contributed by atoms with E-state index in [1.807, 2.05) is 6.07 Å². The highest BCUT2D eigenvalue weighted by atomic mass is 19.1. The van der Waals surface area contributed by atoms with Crippen LogP contribution >= 0.6 is 0 Å². The molecule has 0 atom stereocenters. The largest absolute Gasteiger partial charge is 0.381 e. The van der Waals surface area contributed by atoms with Gasteiger partial charge in [-0.15, -0.1) is 0 Å². The lowest BCUT2D eigenvalue weighted by molar-refractivity contribution is -0.144. The Bertz CT molecular complexity index is 878. The molecule has 3 saturated heterocycles. The molecule has 0 radical (unpaired) electrons. The van der Waals surface area contributed by atoms with E-state index in [1.165, 1.54) is 11.6 Å². The first kappa shape index (κ1) is 20.0. The lowest BCUT2D eigenvalue weighted by Gasteiger charge is -2.44. The van der Waals surface area contributed by atoms with Crippen molar-refractivity contribution in [2.24, 2.45) is 5.92 Å². The summed E-state index contributed by atoms with van der Waals surface area (Å²) in [6, 6.07) is 4.99. The Morgan fingerprint density at radius 2 is 1.67 bits per heavy atom. The highest BCUT2D eigenvalue weighted by Crippen LogP contribution is 2.34. The molecular weight excluding hydrogens is 383 g/mol. The fraction of sp³-hybridized carbons (Fsp3) is 0.609. The number of benzene rings is 1. The van der Waals surface area contributed by atoms with Gasteiger partial charge in [-0.25, -0.2) is 14.4 Å². The summed E-state index contributed by atoms with van der Waals surface area (Å²) < 4.78 is 19.1. The number of piperidine rings is 1. The number of carbonyl (C=O) groups is 1. The number of nitrogens with one attached hydrogen (secondary N) is 1. The molecule has 3 aliphatic heterocycles. The molecule has 162 valence electrons. The third-order valence-corrected chi connectivity index (χ3v) is 7.13. The minimum atomic E-state index is -0.172. The molecule has 1 aromatic heterocycles. The van der Waals surface area contributed by atoms with Crippen LogP contribution in [-0.4, -0.2) is 78.3 Å². The van der Waals surface area contributed by atoms with Crippen molar-refractivity contribution < 1.29 is 13.9 Å². The van der Waals surface area contributed by atoms with Gasteiger partial charge in [0.1, 0.15) is 5.82 Å². The van der Waals surface area contributed by atoms with Gasteiger partial charge in [0.2, 0.25) is 5.91 Å². The second-order valence-corrected chi connectivity index (χ2v) is 8.83. The van der Waals surface area contributed by atoms with E-state index >= 15 is 0 Å². The lowest BCUT2D eigenvalue weighted by Crippen LogP contribution is -2.57. The second kappa shape index (κ2) is 8.65. The number of aromatic amines is 1. The maximum Gasteiger partial charge on any atom is 0.225 e. The molecule has 4 heterocycles. The SMILES string of the molecule is O=C(C1CCOCC1)N1CCN(N2CCC(c3c[nH]c4ccc(F)cc34)CC2)CC1. The molecule has 2 aromatic rings. The highest BCUT2D eigenvalue weighted by Gasteiger charge is 2.32. The molecule has 5 rings (SSSR count). The zero-order chi connectivity index (χ0) is 20.5. The van der Waals surface area contributed by atoms with Crippen LogP contribution in [0.5, 0.6) is 0 Å². The summed E-state index contributed by atoms with van der Waals surface area (Å²) in [5, 5.41) is 5.91. The number of rotatable bonds is 3. The first-order valence-electron chi connectivity index (χ1n) is 11.3. The number of halogens is 1. The van der Waals surface area contributed by atoms with Gasteiger partial charge < -0.3 is 14.6 Å². The fourth-order valence-corrected chi connectivity index (χ4v) is 5.31. The number of fused-ring (bicyclic) bond motifs is 1. The maximum atomic E-state index is 13.7. The number of hydrogen-bond acceptors (Lipinski definition) is 4. The topological polar surface area (TPSA) is 51.8 Å². The zero-order valence-corrected chi connectivity index (χ0v) is 17.5. The van der Waals surface area contributed by atoms with E-state index in [0.717, 1.165) is 75.9 Å².